The normalized spacial score (nSPS) is 27.5. The summed E-state index contributed by atoms with van der Waals surface area (Å²) in [6.07, 6.45) is 2.61. The molecule has 4 aromatic carbocycles. The summed E-state index contributed by atoms with van der Waals surface area (Å²) in [5.41, 5.74) is 2.39. The van der Waals surface area contributed by atoms with Gasteiger partial charge in [-0.2, -0.15) is 0 Å². The maximum Gasteiger partial charge on any atom is 0.238 e. The minimum atomic E-state index is -0.762. The first-order valence-corrected chi connectivity index (χ1v) is 16.5. The van der Waals surface area contributed by atoms with E-state index in [9.17, 15) is 24.3 Å². The number of halogens is 2. The van der Waals surface area contributed by atoms with Crippen LogP contribution in [0.15, 0.2) is 106 Å². The van der Waals surface area contributed by atoms with Crippen LogP contribution in [0.5, 0.6) is 5.75 Å². The Hall–Kier alpha value is -4.08. The van der Waals surface area contributed by atoms with E-state index < -0.39 is 35.5 Å². The second-order valence-corrected chi connectivity index (χ2v) is 14.1. The van der Waals surface area contributed by atoms with Gasteiger partial charge >= 0.3 is 0 Å². The summed E-state index contributed by atoms with van der Waals surface area (Å²) in [5, 5.41) is 13.2. The van der Waals surface area contributed by atoms with Crippen LogP contribution >= 0.6 is 31.9 Å². The molecule has 0 spiro atoms. The van der Waals surface area contributed by atoms with E-state index in [4.69, 9.17) is 0 Å². The molecule has 9 heteroatoms. The van der Waals surface area contributed by atoms with E-state index >= 15 is 0 Å². The van der Waals surface area contributed by atoms with E-state index in [-0.39, 0.29) is 35.8 Å². The Kier molecular flexibility index (Phi) is 6.62. The Morgan fingerprint density at radius 2 is 1.20 bits per heavy atom. The van der Waals surface area contributed by atoms with Crippen molar-refractivity contribution < 1.29 is 24.3 Å². The maximum absolute atomic E-state index is 14.3. The van der Waals surface area contributed by atoms with Crippen LogP contribution < -0.4 is 9.80 Å². The van der Waals surface area contributed by atoms with Gasteiger partial charge < -0.3 is 5.11 Å². The second-order valence-electron chi connectivity index (χ2n) is 12.2. The van der Waals surface area contributed by atoms with Crippen molar-refractivity contribution >= 4 is 77.6 Å². The number of nitrogens with zero attached hydrogens (tertiary/aromatic N) is 2. The van der Waals surface area contributed by atoms with Crippen molar-refractivity contribution in [3.05, 3.63) is 111 Å². The van der Waals surface area contributed by atoms with Gasteiger partial charge in [0.05, 0.1) is 35.0 Å². The number of hydrogen-bond donors (Lipinski definition) is 1. The molecule has 1 N–H and O–H groups in total. The molecule has 8 rings (SSSR count). The largest absolute Gasteiger partial charge is 0.507 e. The summed E-state index contributed by atoms with van der Waals surface area (Å²) >= 11 is 6.85. The molecule has 224 valence electrons. The minimum Gasteiger partial charge on any atom is -0.507 e. The van der Waals surface area contributed by atoms with E-state index in [0.29, 0.717) is 28.7 Å². The number of anilines is 2. The van der Waals surface area contributed by atoms with Crippen molar-refractivity contribution in [2.24, 2.45) is 29.6 Å². The molecular formula is C36H26Br2N2O5. The second kappa shape index (κ2) is 10.5. The monoisotopic (exact) mass is 724 g/mol. The van der Waals surface area contributed by atoms with Crippen molar-refractivity contribution in [3.63, 3.8) is 0 Å². The first kappa shape index (κ1) is 28.4. The standard InChI is InChI=1S/C36H26Br2N2O5/c37-19-6-10-21(11-7-19)39-33(42)26-16-15-24-27(30(26)35(39)44)17-28-31(36(45)40(34(28)43)22-12-8-20(38)9-13-22)29(24)25-14-5-18-3-1-2-4-23(18)32(25)41/h1-15,26-31,41H,16-17H2. The molecule has 4 amide bonds. The molecule has 0 radical (unpaired) electrons. The Morgan fingerprint density at radius 1 is 0.622 bits per heavy atom. The van der Waals surface area contributed by atoms with Crippen molar-refractivity contribution in [1.29, 1.82) is 0 Å². The smallest absolute Gasteiger partial charge is 0.238 e. The molecule has 0 bridgehead atoms. The lowest BCUT2D eigenvalue weighted by Gasteiger charge is -2.44. The van der Waals surface area contributed by atoms with Crippen LogP contribution in [0, 0.1) is 29.6 Å². The van der Waals surface area contributed by atoms with Crippen molar-refractivity contribution in [1.82, 2.24) is 0 Å². The number of hydrogen-bond acceptors (Lipinski definition) is 5. The SMILES string of the molecule is O=C1C2CC=C3C(CC4C(=O)N(c5ccc(Br)cc5)C(=O)C4C3c3ccc4ccccc4c3O)C2C(=O)N1c1ccc(Br)cc1. The third-order valence-corrected chi connectivity index (χ3v) is 11.1. The molecule has 0 aromatic heterocycles. The predicted molar refractivity (Wildman–Crippen MR) is 176 cm³/mol. The average molecular weight is 726 g/mol. The van der Waals surface area contributed by atoms with Crippen LogP contribution in [-0.2, 0) is 19.2 Å². The number of imide groups is 2. The number of rotatable bonds is 3. The fraction of sp³-hybridized carbons (Fsp3) is 0.222. The average Bonchev–Trinajstić information content (AvgIpc) is 3.45. The number of fused-ring (bicyclic) bond motifs is 5. The zero-order chi connectivity index (χ0) is 31.1. The number of benzene rings is 4. The van der Waals surface area contributed by atoms with Gasteiger partial charge in [0, 0.05) is 25.8 Å². The third kappa shape index (κ3) is 4.20. The van der Waals surface area contributed by atoms with Gasteiger partial charge in [0.2, 0.25) is 23.6 Å². The quantitative estimate of drug-likeness (QED) is 0.179. The van der Waals surface area contributed by atoms with Gasteiger partial charge in [0.1, 0.15) is 5.75 Å². The highest BCUT2D eigenvalue weighted by Crippen LogP contribution is 2.59. The first-order chi connectivity index (χ1) is 21.7. The highest BCUT2D eigenvalue weighted by molar-refractivity contribution is 9.10. The zero-order valence-electron chi connectivity index (χ0n) is 23.8. The summed E-state index contributed by atoms with van der Waals surface area (Å²) in [6.45, 7) is 0. The Morgan fingerprint density at radius 3 is 1.84 bits per heavy atom. The van der Waals surface area contributed by atoms with Crippen LogP contribution in [0.25, 0.3) is 10.8 Å². The van der Waals surface area contributed by atoms with Crippen molar-refractivity contribution in [3.8, 4) is 5.75 Å². The van der Waals surface area contributed by atoms with E-state index in [1.807, 2.05) is 42.5 Å². The Balaban J connectivity index is 1.27. The summed E-state index contributed by atoms with van der Waals surface area (Å²) in [5.74, 6) is -4.91. The Bertz CT molecular complexity index is 1970. The van der Waals surface area contributed by atoms with Crippen molar-refractivity contribution in [2.45, 2.75) is 18.8 Å². The van der Waals surface area contributed by atoms with Gasteiger partial charge in [-0.3, -0.25) is 29.0 Å². The number of carbonyl (C=O) groups is 4. The summed E-state index contributed by atoms with van der Waals surface area (Å²) < 4.78 is 1.66. The van der Waals surface area contributed by atoms with Crippen molar-refractivity contribution in [2.75, 3.05) is 9.80 Å². The number of aromatic hydroxyl groups is 1. The zero-order valence-corrected chi connectivity index (χ0v) is 26.9. The number of phenolic OH excluding ortho intramolecular Hbond substituents is 1. The van der Waals surface area contributed by atoms with Gasteiger partial charge in [-0.25, -0.2) is 0 Å². The van der Waals surface area contributed by atoms with E-state index in [1.165, 1.54) is 9.80 Å². The molecule has 3 fully saturated rings. The van der Waals surface area contributed by atoms with Crippen LogP contribution in [-0.4, -0.2) is 28.7 Å². The highest BCUT2D eigenvalue weighted by Gasteiger charge is 2.62. The molecule has 4 aliphatic rings. The van der Waals surface area contributed by atoms with E-state index in [1.54, 1.807) is 48.5 Å². The summed E-state index contributed by atoms with van der Waals surface area (Å²) in [6, 6.07) is 25.4. The predicted octanol–water partition coefficient (Wildman–Crippen LogP) is 7.12. The lowest BCUT2D eigenvalue weighted by Crippen LogP contribution is -2.43. The topological polar surface area (TPSA) is 95.0 Å². The number of phenols is 1. The fourth-order valence-electron chi connectivity index (χ4n) is 8.15. The van der Waals surface area contributed by atoms with Gasteiger partial charge in [0.15, 0.2) is 0 Å². The molecule has 2 aliphatic heterocycles. The molecule has 2 aliphatic carbocycles. The van der Waals surface area contributed by atoms with Crippen LogP contribution in [0.2, 0.25) is 0 Å². The molecule has 6 unspecified atom stereocenters. The van der Waals surface area contributed by atoms with Gasteiger partial charge in [-0.05, 0) is 72.7 Å². The van der Waals surface area contributed by atoms with Crippen LogP contribution in [0.3, 0.4) is 0 Å². The molecule has 7 nitrogen and oxygen atoms in total. The number of amides is 4. The molecule has 1 saturated carbocycles. The first-order valence-electron chi connectivity index (χ1n) is 14.9. The molecule has 2 saturated heterocycles. The molecule has 4 aromatic rings. The molecular weight excluding hydrogens is 700 g/mol. The maximum atomic E-state index is 14.3. The minimum absolute atomic E-state index is 0.0631. The lowest BCUT2D eigenvalue weighted by atomic mass is 9.57. The molecule has 2 heterocycles. The highest BCUT2D eigenvalue weighted by atomic mass is 79.9. The molecule has 45 heavy (non-hydrogen) atoms. The summed E-state index contributed by atoms with van der Waals surface area (Å²) in [4.78, 5) is 59.0. The van der Waals surface area contributed by atoms with E-state index in [2.05, 4.69) is 31.9 Å². The Labute approximate surface area is 275 Å². The van der Waals surface area contributed by atoms with Gasteiger partial charge in [-0.15, -0.1) is 0 Å². The van der Waals surface area contributed by atoms with Crippen LogP contribution in [0.1, 0.15) is 24.3 Å². The number of carbonyl (C=O) groups excluding carboxylic acids is 4. The summed E-state index contributed by atoms with van der Waals surface area (Å²) in [7, 11) is 0. The number of allylic oxidation sites excluding steroid dienone is 2. The lowest BCUT2D eigenvalue weighted by molar-refractivity contribution is -0.126. The van der Waals surface area contributed by atoms with Gasteiger partial charge in [0.25, 0.3) is 0 Å². The third-order valence-electron chi connectivity index (χ3n) is 10.1. The van der Waals surface area contributed by atoms with Gasteiger partial charge in [-0.1, -0.05) is 79.9 Å². The fourth-order valence-corrected chi connectivity index (χ4v) is 8.68. The van der Waals surface area contributed by atoms with E-state index in [0.717, 1.165) is 19.9 Å². The van der Waals surface area contributed by atoms with Crippen LogP contribution in [0.4, 0.5) is 11.4 Å². The molecule has 6 atom stereocenters.